The smallest absolute Gasteiger partial charge is 0.270 e. The maximum Gasteiger partial charge on any atom is 0.270 e. The normalized spacial score (nSPS) is 17.3. The summed E-state index contributed by atoms with van der Waals surface area (Å²) in [7, 11) is 0. The molecule has 32 heavy (non-hydrogen) atoms. The van der Waals surface area contributed by atoms with Gasteiger partial charge in [-0.05, 0) is 37.0 Å². The summed E-state index contributed by atoms with van der Waals surface area (Å²) in [5, 5.41) is 11.4. The summed E-state index contributed by atoms with van der Waals surface area (Å²) in [6, 6.07) is 13.7. The second-order valence-corrected chi connectivity index (χ2v) is 8.58. The zero-order valence-electron chi connectivity index (χ0n) is 18.3. The fourth-order valence-electron chi connectivity index (χ4n) is 4.38. The van der Waals surface area contributed by atoms with Crippen LogP contribution in [0.5, 0.6) is 0 Å². The average molecular weight is 437 g/mol. The third-order valence-corrected chi connectivity index (χ3v) is 6.42. The van der Waals surface area contributed by atoms with Crippen molar-refractivity contribution in [2.24, 2.45) is 5.92 Å². The molecule has 2 aliphatic heterocycles. The standard InChI is InChI=1S/C24H28N4O4/c1-18-9-11-25(12-10-18)22-8-7-20(28(31)32)17-21(22)24(30)27-15-13-26(14-16-27)23(29)19-5-3-2-4-6-19/h2-8,17-18H,9-16H2,1H3. The predicted molar refractivity (Wildman–Crippen MR) is 122 cm³/mol. The highest BCUT2D eigenvalue weighted by Crippen LogP contribution is 2.30. The number of hydrogen-bond donors (Lipinski definition) is 0. The fourth-order valence-corrected chi connectivity index (χ4v) is 4.38. The second-order valence-electron chi connectivity index (χ2n) is 8.58. The third kappa shape index (κ3) is 4.59. The summed E-state index contributed by atoms with van der Waals surface area (Å²) in [6.45, 7) is 5.55. The summed E-state index contributed by atoms with van der Waals surface area (Å²) in [5.74, 6) is 0.379. The van der Waals surface area contributed by atoms with Crippen molar-refractivity contribution >= 4 is 23.2 Å². The Morgan fingerprint density at radius 1 is 0.875 bits per heavy atom. The molecule has 0 radical (unpaired) electrons. The Hall–Kier alpha value is -3.42. The maximum absolute atomic E-state index is 13.4. The topological polar surface area (TPSA) is 87.0 Å². The van der Waals surface area contributed by atoms with Gasteiger partial charge in [0.1, 0.15) is 0 Å². The molecule has 0 atom stereocenters. The van der Waals surface area contributed by atoms with E-state index in [1.165, 1.54) is 12.1 Å². The van der Waals surface area contributed by atoms with Crippen molar-refractivity contribution < 1.29 is 14.5 Å². The zero-order chi connectivity index (χ0) is 22.7. The Labute approximate surface area is 187 Å². The number of non-ortho nitro benzene ring substituents is 1. The first-order valence-electron chi connectivity index (χ1n) is 11.1. The van der Waals surface area contributed by atoms with E-state index in [2.05, 4.69) is 11.8 Å². The predicted octanol–water partition coefficient (Wildman–Crippen LogP) is 3.43. The third-order valence-electron chi connectivity index (χ3n) is 6.42. The minimum Gasteiger partial charge on any atom is -0.371 e. The van der Waals surface area contributed by atoms with E-state index in [0.717, 1.165) is 31.6 Å². The Balaban J connectivity index is 1.50. The van der Waals surface area contributed by atoms with E-state index >= 15 is 0 Å². The Kier molecular flexibility index (Phi) is 6.39. The molecule has 0 bridgehead atoms. The summed E-state index contributed by atoms with van der Waals surface area (Å²) >= 11 is 0. The van der Waals surface area contributed by atoms with Crippen LogP contribution in [0.3, 0.4) is 0 Å². The van der Waals surface area contributed by atoms with Crippen molar-refractivity contribution in [1.29, 1.82) is 0 Å². The number of piperidine rings is 1. The van der Waals surface area contributed by atoms with Crippen LogP contribution in [0.2, 0.25) is 0 Å². The van der Waals surface area contributed by atoms with Gasteiger partial charge in [0.05, 0.1) is 16.2 Å². The quantitative estimate of drug-likeness (QED) is 0.541. The molecule has 0 N–H and O–H groups in total. The van der Waals surface area contributed by atoms with Crippen molar-refractivity contribution in [1.82, 2.24) is 9.80 Å². The van der Waals surface area contributed by atoms with Crippen LogP contribution in [0.4, 0.5) is 11.4 Å². The molecule has 2 aliphatic rings. The summed E-state index contributed by atoms with van der Waals surface area (Å²) in [4.78, 5) is 42.6. The van der Waals surface area contributed by atoms with Crippen LogP contribution < -0.4 is 4.90 Å². The Bertz CT molecular complexity index is 994. The number of nitro benzene ring substituents is 1. The van der Waals surface area contributed by atoms with Crippen molar-refractivity contribution in [3.8, 4) is 0 Å². The number of anilines is 1. The molecule has 168 valence electrons. The van der Waals surface area contributed by atoms with Gasteiger partial charge in [-0.15, -0.1) is 0 Å². The van der Waals surface area contributed by atoms with Crippen molar-refractivity contribution in [2.45, 2.75) is 19.8 Å². The van der Waals surface area contributed by atoms with Crippen LogP contribution in [-0.4, -0.2) is 65.8 Å². The number of hydrogen-bond acceptors (Lipinski definition) is 5. The molecule has 2 aromatic rings. The summed E-state index contributed by atoms with van der Waals surface area (Å²) in [5.41, 5.74) is 1.68. The number of benzene rings is 2. The SMILES string of the molecule is CC1CCN(c2ccc([N+](=O)[O-])cc2C(=O)N2CCN(C(=O)c3ccccc3)CC2)CC1. The van der Waals surface area contributed by atoms with E-state index in [9.17, 15) is 19.7 Å². The van der Waals surface area contributed by atoms with Crippen LogP contribution in [0, 0.1) is 16.0 Å². The molecule has 2 heterocycles. The first-order chi connectivity index (χ1) is 15.4. The molecule has 4 rings (SSSR count). The van der Waals surface area contributed by atoms with Gasteiger partial charge in [0.15, 0.2) is 0 Å². The number of nitro groups is 1. The van der Waals surface area contributed by atoms with Gasteiger partial charge in [-0.2, -0.15) is 0 Å². The number of amides is 2. The lowest BCUT2D eigenvalue weighted by atomic mass is 9.97. The summed E-state index contributed by atoms with van der Waals surface area (Å²) in [6.07, 6.45) is 2.07. The molecule has 0 spiro atoms. The molecule has 0 unspecified atom stereocenters. The number of carbonyl (C=O) groups excluding carboxylic acids is 2. The highest BCUT2D eigenvalue weighted by molar-refractivity contribution is 6.01. The zero-order valence-corrected chi connectivity index (χ0v) is 18.3. The maximum atomic E-state index is 13.4. The van der Waals surface area contributed by atoms with Crippen LogP contribution in [0.15, 0.2) is 48.5 Å². The number of nitrogens with zero attached hydrogens (tertiary/aromatic N) is 4. The number of rotatable bonds is 4. The van der Waals surface area contributed by atoms with Crippen molar-refractivity contribution in [2.75, 3.05) is 44.2 Å². The molecule has 0 aromatic heterocycles. The largest absolute Gasteiger partial charge is 0.371 e. The van der Waals surface area contributed by atoms with Crippen molar-refractivity contribution in [3.05, 3.63) is 69.8 Å². The molecule has 8 heteroatoms. The van der Waals surface area contributed by atoms with E-state index in [4.69, 9.17) is 0 Å². The molecule has 0 aliphatic carbocycles. The lowest BCUT2D eigenvalue weighted by Gasteiger charge is -2.37. The highest BCUT2D eigenvalue weighted by Gasteiger charge is 2.29. The molecular weight excluding hydrogens is 408 g/mol. The van der Waals surface area contributed by atoms with E-state index in [1.807, 2.05) is 18.2 Å². The molecule has 2 saturated heterocycles. The lowest BCUT2D eigenvalue weighted by Crippen LogP contribution is -2.50. The van der Waals surface area contributed by atoms with Gasteiger partial charge >= 0.3 is 0 Å². The van der Waals surface area contributed by atoms with Gasteiger partial charge < -0.3 is 14.7 Å². The van der Waals surface area contributed by atoms with E-state index in [1.54, 1.807) is 28.0 Å². The number of piperazine rings is 1. The molecule has 2 aromatic carbocycles. The minimum atomic E-state index is -0.463. The number of carbonyl (C=O) groups is 2. The average Bonchev–Trinajstić information content (AvgIpc) is 2.84. The Morgan fingerprint density at radius 3 is 2.06 bits per heavy atom. The van der Waals surface area contributed by atoms with Gasteiger partial charge in [0.25, 0.3) is 17.5 Å². The van der Waals surface area contributed by atoms with Crippen LogP contribution >= 0.6 is 0 Å². The van der Waals surface area contributed by atoms with E-state index < -0.39 is 4.92 Å². The first kappa shape index (κ1) is 21.8. The summed E-state index contributed by atoms with van der Waals surface area (Å²) < 4.78 is 0. The second kappa shape index (κ2) is 9.38. The van der Waals surface area contributed by atoms with Crippen molar-refractivity contribution in [3.63, 3.8) is 0 Å². The Morgan fingerprint density at radius 2 is 1.47 bits per heavy atom. The van der Waals surface area contributed by atoms with Crippen LogP contribution in [-0.2, 0) is 0 Å². The van der Waals surface area contributed by atoms with Crippen LogP contribution in [0.1, 0.15) is 40.5 Å². The molecule has 8 nitrogen and oxygen atoms in total. The fraction of sp³-hybridized carbons (Fsp3) is 0.417. The molecule has 2 fully saturated rings. The highest BCUT2D eigenvalue weighted by atomic mass is 16.6. The lowest BCUT2D eigenvalue weighted by molar-refractivity contribution is -0.384. The van der Waals surface area contributed by atoms with Gasteiger partial charge in [-0.1, -0.05) is 25.1 Å². The van der Waals surface area contributed by atoms with Gasteiger partial charge in [0.2, 0.25) is 0 Å². The molecule has 0 saturated carbocycles. The van der Waals surface area contributed by atoms with E-state index in [-0.39, 0.29) is 17.5 Å². The van der Waals surface area contributed by atoms with Gasteiger partial charge in [0, 0.05) is 57.0 Å². The molecule has 2 amide bonds. The first-order valence-corrected chi connectivity index (χ1v) is 11.1. The minimum absolute atomic E-state index is 0.0452. The van der Waals surface area contributed by atoms with E-state index in [0.29, 0.717) is 43.2 Å². The van der Waals surface area contributed by atoms with Gasteiger partial charge in [-0.3, -0.25) is 19.7 Å². The monoisotopic (exact) mass is 436 g/mol. The van der Waals surface area contributed by atoms with Crippen LogP contribution in [0.25, 0.3) is 0 Å². The molecular formula is C24H28N4O4. The van der Waals surface area contributed by atoms with Gasteiger partial charge in [-0.25, -0.2) is 0 Å².